The van der Waals surface area contributed by atoms with E-state index in [1.165, 1.54) is 12.1 Å². The molecule has 6 nitrogen and oxygen atoms in total. The first-order valence-electron chi connectivity index (χ1n) is 8.22. The molecule has 0 aliphatic heterocycles. The van der Waals surface area contributed by atoms with Gasteiger partial charge in [-0.15, -0.1) is 0 Å². The molecular weight excluding hydrogens is 352 g/mol. The number of ether oxygens (including phenoxy) is 1. The zero-order valence-electron chi connectivity index (χ0n) is 14.8. The van der Waals surface area contributed by atoms with Gasteiger partial charge in [-0.25, -0.2) is 13.4 Å². The lowest BCUT2D eigenvalue weighted by atomic mass is 10.1. The first kappa shape index (κ1) is 18.1. The molecule has 0 unspecified atom stereocenters. The second kappa shape index (κ2) is 6.92. The molecule has 0 aliphatic rings. The van der Waals surface area contributed by atoms with Crippen LogP contribution in [0.2, 0.25) is 0 Å². The summed E-state index contributed by atoms with van der Waals surface area (Å²) in [5.74, 6) is 0.0138. The molecule has 7 heteroatoms. The number of aryl methyl sites for hydroxylation is 1. The van der Waals surface area contributed by atoms with Gasteiger partial charge < -0.3 is 9.30 Å². The van der Waals surface area contributed by atoms with Crippen molar-refractivity contribution in [1.82, 2.24) is 9.55 Å². The van der Waals surface area contributed by atoms with E-state index >= 15 is 0 Å². The van der Waals surface area contributed by atoms with Crippen LogP contribution < -0.4 is 4.74 Å². The highest BCUT2D eigenvalue weighted by molar-refractivity contribution is 7.92. The third-order valence-electron chi connectivity index (χ3n) is 4.15. The van der Waals surface area contributed by atoms with E-state index in [0.717, 1.165) is 11.0 Å². The molecule has 0 spiro atoms. The fraction of sp³-hybridized carbons (Fsp3) is 0.263. The molecule has 3 aromatic rings. The third-order valence-corrected chi connectivity index (χ3v) is 6.32. The predicted molar refractivity (Wildman–Crippen MR) is 98.8 cm³/mol. The first-order chi connectivity index (χ1) is 12.3. The van der Waals surface area contributed by atoms with Gasteiger partial charge in [0.2, 0.25) is 0 Å². The Bertz CT molecular complexity index is 1050. The lowest BCUT2D eigenvalue weighted by Crippen LogP contribution is -2.14. The van der Waals surface area contributed by atoms with Crippen LogP contribution >= 0.6 is 0 Å². The summed E-state index contributed by atoms with van der Waals surface area (Å²) in [6.07, 6.45) is 1.76. The zero-order chi connectivity index (χ0) is 18.9. The largest absolute Gasteiger partial charge is 0.426 e. The second-order valence-electron chi connectivity index (χ2n) is 6.39. The molecule has 0 bridgehead atoms. The molecule has 3 rings (SSSR count). The molecule has 1 aromatic heterocycles. The summed E-state index contributed by atoms with van der Waals surface area (Å²) in [6.45, 7) is 3.28. The Balaban J connectivity index is 1.69. The van der Waals surface area contributed by atoms with Crippen molar-refractivity contribution in [1.29, 1.82) is 0 Å². The number of aromatic nitrogens is 2. The molecule has 0 saturated heterocycles. The Labute approximate surface area is 152 Å². The molecule has 2 aromatic carbocycles. The van der Waals surface area contributed by atoms with E-state index in [9.17, 15) is 13.2 Å². The minimum absolute atomic E-state index is 0.0578. The number of hydrogen-bond acceptors (Lipinski definition) is 5. The van der Waals surface area contributed by atoms with E-state index in [0.29, 0.717) is 11.3 Å². The maximum atomic E-state index is 12.1. The van der Waals surface area contributed by atoms with Crippen molar-refractivity contribution in [3.05, 3.63) is 54.4 Å². The van der Waals surface area contributed by atoms with Crippen molar-refractivity contribution >= 4 is 26.8 Å². The lowest BCUT2D eigenvalue weighted by Gasteiger charge is -2.09. The average molecular weight is 372 g/mol. The van der Waals surface area contributed by atoms with Crippen molar-refractivity contribution < 1.29 is 17.9 Å². The third kappa shape index (κ3) is 3.62. The second-order valence-corrected chi connectivity index (χ2v) is 8.90. The first-order valence-corrected chi connectivity index (χ1v) is 9.76. The number of fused-ring (bicyclic) bond motifs is 1. The summed E-state index contributed by atoms with van der Waals surface area (Å²) in [5, 5.41) is -0.486. The molecule has 0 fully saturated rings. The number of hydrogen-bond donors (Lipinski definition) is 0. The molecule has 1 heterocycles. The SMILES string of the molecule is CC(C)S(=O)(=O)c1ccc(CC(=O)Oc2ccc3c(c2)ncn3C)cc1. The zero-order valence-corrected chi connectivity index (χ0v) is 15.7. The van der Waals surface area contributed by atoms with Crippen LogP contribution in [-0.4, -0.2) is 29.2 Å². The molecule has 0 N–H and O–H groups in total. The van der Waals surface area contributed by atoms with Crippen molar-refractivity contribution in [2.45, 2.75) is 30.4 Å². The van der Waals surface area contributed by atoms with Gasteiger partial charge in [-0.3, -0.25) is 4.79 Å². The van der Waals surface area contributed by atoms with Crippen molar-refractivity contribution in [2.75, 3.05) is 0 Å². The van der Waals surface area contributed by atoms with E-state index < -0.39 is 21.1 Å². The molecule has 0 aliphatic carbocycles. The minimum atomic E-state index is -3.31. The fourth-order valence-corrected chi connectivity index (χ4v) is 3.64. The lowest BCUT2D eigenvalue weighted by molar-refractivity contribution is -0.133. The summed E-state index contributed by atoms with van der Waals surface area (Å²) in [6, 6.07) is 11.6. The Morgan fingerprint density at radius 1 is 1.15 bits per heavy atom. The van der Waals surface area contributed by atoms with Gasteiger partial charge in [-0.1, -0.05) is 12.1 Å². The van der Waals surface area contributed by atoms with E-state index in [1.54, 1.807) is 44.4 Å². The van der Waals surface area contributed by atoms with Crippen LogP contribution in [0.25, 0.3) is 11.0 Å². The Hall–Kier alpha value is -2.67. The summed E-state index contributed by atoms with van der Waals surface area (Å²) in [4.78, 5) is 16.6. The van der Waals surface area contributed by atoms with Crippen LogP contribution in [0.4, 0.5) is 0 Å². The van der Waals surface area contributed by atoms with Gasteiger partial charge in [0.1, 0.15) is 5.75 Å². The summed E-state index contributed by atoms with van der Waals surface area (Å²) < 4.78 is 31.5. The normalized spacial score (nSPS) is 11.8. The number of sulfone groups is 1. The van der Waals surface area contributed by atoms with Gasteiger partial charge in [0.05, 0.1) is 33.9 Å². The highest BCUT2D eigenvalue weighted by atomic mass is 32.2. The number of carbonyl (C=O) groups is 1. The molecule has 26 heavy (non-hydrogen) atoms. The van der Waals surface area contributed by atoms with Crippen LogP contribution in [0.5, 0.6) is 5.75 Å². The van der Waals surface area contributed by atoms with E-state index in [4.69, 9.17) is 4.74 Å². The van der Waals surface area contributed by atoms with Gasteiger partial charge in [0.25, 0.3) is 0 Å². The summed E-state index contributed by atoms with van der Waals surface area (Å²) in [5.41, 5.74) is 2.39. The Morgan fingerprint density at radius 2 is 1.85 bits per heavy atom. The van der Waals surface area contributed by atoms with Gasteiger partial charge in [-0.2, -0.15) is 0 Å². The van der Waals surface area contributed by atoms with Gasteiger partial charge in [0, 0.05) is 13.1 Å². The Kier molecular flexibility index (Phi) is 4.82. The van der Waals surface area contributed by atoms with Crippen LogP contribution in [0.3, 0.4) is 0 Å². The van der Waals surface area contributed by atoms with Gasteiger partial charge in [-0.05, 0) is 43.7 Å². The molecule has 0 radical (unpaired) electrons. The Morgan fingerprint density at radius 3 is 2.50 bits per heavy atom. The quantitative estimate of drug-likeness (QED) is 0.508. The summed E-state index contributed by atoms with van der Waals surface area (Å²) >= 11 is 0. The molecule has 0 amide bonds. The molecular formula is C19H20N2O4S. The number of carbonyl (C=O) groups excluding carboxylic acids is 1. The smallest absolute Gasteiger partial charge is 0.315 e. The average Bonchev–Trinajstić information content (AvgIpc) is 2.95. The number of nitrogens with zero attached hydrogens (tertiary/aromatic N) is 2. The maximum Gasteiger partial charge on any atom is 0.315 e. The molecule has 0 saturated carbocycles. The number of esters is 1. The number of benzene rings is 2. The highest BCUT2D eigenvalue weighted by Gasteiger charge is 2.19. The van der Waals surface area contributed by atoms with Crippen molar-refractivity contribution in [3.63, 3.8) is 0 Å². The van der Waals surface area contributed by atoms with E-state index in [2.05, 4.69) is 4.98 Å². The maximum absolute atomic E-state index is 12.1. The monoisotopic (exact) mass is 372 g/mol. The standard InChI is InChI=1S/C19H20N2O4S/c1-13(2)26(23,24)16-7-4-14(5-8-16)10-19(22)25-15-6-9-18-17(11-15)20-12-21(18)3/h4-9,11-13H,10H2,1-3H3. The fourth-order valence-electron chi connectivity index (χ4n) is 2.58. The minimum Gasteiger partial charge on any atom is -0.426 e. The number of imidazole rings is 1. The molecule has 136 valence electrons. The van der Waals surface area contributed by atoms with Crippen LogP contribution in [0.1, 0.15) is 19.4 Å². The van der Waals surface area contributed by atoms with Crippen molar-refractivity contribution in [2.24, 2.45) is 7.05 Å². The van der Waals surface area contributed by atoms with Crippen LogP contribution in [-0.2, 0) is 28.1 Å². The highest BCUT2D eigenvalue weighted by Crippen LogP contribution is 2.20. The predicted octanol–water partition coefficient (Wildman–Crippen LogP) is 2.90. The van der Waals surface area contributed by atoms with Gasteiger partial charge >= 0.3 is 5.97 Å². The summed E-state index contributed by atoms with van der Waals surface area (Å²) in [7, 11) is -1.42. The van der Waals surface area contributed by atoms with Crippen LogP contribution in [0, 0.1) is 0 Å². The van der Waals surface area contributed by atoms with Gasteiger partial charge in [0.15, 0.2) is 9.84 Å². The van der Waals surface area contributed by atoms with E-state index in [1.807, 2.05) is 17.7 Å². The van der Waals surface area contributed by atoms with Crippen molar-refractivity contribution in [3.8, 4) is 5.75 Å². The van der Waals surface area contributed by atoms with Crippen LogP contribution in [0.15, 0.2) is 53.7 Å². The molecule has 0 atom stereocenters. The van der Waals surface area contributed by atoms with E-state index in [-0.39, 0.29) is 11.3 Å². The topological polar surface area (TPSA) is 78.3 Å². The number of rotatable bonds is 5.